The maximum absolute atomic E-state index is 14.9. The van der Waals surface area contributed by atoms with E-state index >= 15 is 0 Å². The third kappa shape index (κ3) is 8.45. The van der Waals surface area contributed by atoms with Crippen LogP contribution in [0.4, 0.5) is 0 Å². The van der Waals surface area contributed by atoms with Gasteiger partial charge in [-0.1, -0.05) is 47.1 Å². The van der Waals surface area contributed by atoms with E-state index in [0.29, 0.717) is 25.7 Å². The number of carboxylic acid groups (broad SMARTS) is 3. The van der Waals surface area contributed by atoms with Crippen molar-refractivity contribution in [1.29, 1.82) is 0 Å². The van der Waals surface area contributed by atoms with Gasteiger partial charge in [-0.05, 0) is 116 Å². The Balaban J connectivity index is 0.00000273. The van der Waals surface area contributed by atoms with Gasteiger partial charge in [0.25, 0.3) is 0 Å². The maximum atomic E-state index is 14.9. The van der Waals surface area contributed by atoms with E-state index in [1.54, 1.807) is 0 Å². The molecule has 0 aromatic heterocycles. The summed E-state index contributed by atoms with van der Waals surface area (Å²) in [4.78, 5) is 51.5. The second-order valence-electron chi connectivity index (χ2n) is 21.1. The van der Waals surface area contributed by atoms with Gasteiger partial charge in [-0.25, -0.2) is 4.79 Å². The molecule has 5 saturated carbocycles. The van der Waals surface area contributed by atoms with Crippen molar-refractivity contribution in [2.24, 2.45) is 56.2 Å². The molecule has 0 aromatic rings. The van der Waals surface area contributed by atoms with E-state index in [4.69, 9.17) is 14.2 Å². The van der Waals surface area contributed by atoms with Crippen LogP contribution in [-0.2, 0) is 33.4 Å². The summed E-state index contributed by atoms with van der Waals surface area (Å²) >= 11 is 0. The molecule has 6 fully saturated rings. The van der Waals surface area contributed by atoms with Crippen LogP contribution >= 0.6 is 0 Å². The van der Waals surface area contributed by atoms with Gasteiger partial charge in [-0.2, -0.15) is 0 Å². The molecule has 61 heavy (non-hydrogen) atoms. The summed E-state index contributed by atoms with van der Waals surface area (Å²) in [7, 11) is 0. The van der Waals surface area contributed by atoms with Crippen LogP contribution in [0.5, 0.6) is 0 Å². The van der Waals surface area contributed by atoms with E-state index in [-0.39, 0.29) is 123 Å². The standard InChI is InChI=1S/C43H64O15.3Na.3H/c1-38(2)24-8-11-43(7)33(22(44)17-20-21-18-40(4,37(54)55)13-12-39(21,3)14-15-42(20,43)6)41(24,5)10-9-25(38)57-36-32(30(49)29(48)31(58-36)35(52)53)56-23-16-19(34(50)51)26(45)28(47)27(23)46;;;;;;/h17,19,21,23-33,36,45-49H,8-16,18H2,1-7H3,(H,50,51)(H,52,53)(H,54,55);;;;;;/t19-,21-,23+,24-,25-,26+,27-,28-,29-,30-,31-,32+,33+,36-,39+,40-,41-,42+,43+;;;;;;/m0....../s1. The average molecular weight is 893 g/mol. The molecule has 18 heteroatoms. The molecule has 0 bridgehead atoms. The molecule has 1 heterocycles. The number of hydrogen-bond donors (Lipinski definition) is 8. The van der Waals surface area contributed by atoms with Crippen LogP contribution in [0.1, 0.15) is 113 Å². The quantitative estimate of drug-likeness (QED) is 0.131. The van der Waals surface area contributed by atoms with Crippen LogP contribution in [0, 0.1) is 56.2 Å². The molecular formula is C43H67Na3O15. The number of allylic oxidation sites excluding steroid dienone is 2. The zero-order valence-electron chi connectivity index (χ0n) is 34.7. The molecule has 7 aliphatic rings. The Hall–Kier alpha value is 0.500. The second-order valence-corrected chi connectivity index (χ2v) is 21.1. The molecular weight excluding hydrogens is 825 g/mol. The van der Waals surface area contributed by atoms with Gasteiger partial charge in [0.05, 0.1) is 29.6 Å². The van der Waals surface area contributed by atoms with Crippen LogP contribution in [0.2, 0.25) is 0 Å². The summed E-state index contributed by atoms with van der Waals surface area (Å²) < 4.78 is 18.4. The Bertz CT molecular complexity index is 1750. The number of aliphatic carboxylic acids is 3. The fourth-order valence-electron chi connectivity index (χ4n) is 13.8. The minimum atomic E-state index is -1.99. The van der Waals surface area contributed by atoms with Crippen molar-refractivity contribution in [3.63, 3.8) is 0 Å². The predicted octanol–water partition coefficient (Wildman–Crippen LogP) is 0.964. The molecule has 1 aliphatic heterocycles. The van der Waals surface area contributed by atoms with Gasteiger partial charge in [-0.3, -0.25) is 14.4 Å². The summed E-state index contributed by atoms with van der Waals surface area (Å²) in [6.45, 7) is 14.9. The second kappa shape index (κ2) is 18.5. The first-order valence-corrected chi connectivity index (χ1v) is 21.1. The molecule has 0 aromatic carbocycles. The zero-order chi connectivity index (χ0) is 42.9. The SMILES string of the molecule is CC1(C)[C@@H](O[C@H]2O[C@H](C(=O)O)[C@@H](O)[C@H](O)[C@H]2O[C@@H]2C[C@H](C(=O)O)[C@@H](O)[C@H](O)[C@H]2O)CC[C@]2(C)[C@H]3C(=O)C=C4[C@@H]5C[C@@](C)(C(=O)O)CC[C@]5(C)CC[C@@]4(C)[C@]3(C)CC[C@@H]12.[NaH].[NaH].[NaH]. The number of carboxylic acids is 3. The van der Waals surface area contributed by atoms with E-state index < -0.39 is 113 Å². The van der Waals surface area contributed by atoms with Crippen molar-refractivity contribution in [3.8, 4) is 0 Å². The summed E-state index contributed by atoms with van der Waals surface area (Å²) in [5, 5.41) is 83.6. The number of carbonyl (C=O) groups excluding carboxylic acids is 1. The van der Waals surface area contributed by atoms with Gasteiger partial charge in [0.2, 0.25) is 0 Å². The molecule has 19 atom stereocenters. The van der Waals surface area contributed by atoms with Crippen LogP contribution in [0.25, 0.3) is 0 Å². The van der Waals surface area contributed by atoms with Gasteiger partial charge in [-0.15, -0.1) is 0 Å². The molecule has 332 valence electrons. The number of carbonyl (C=O) groups is 4. The summed E-state index contributed by atoms with van der Waals surface area (Å²) in [5.41, 5.74) is -1.71. The minimum absolute atomic E-state index is 0. The van der Waals surface area contributed by atoms with Crippen LogP contribution < -0.4 is 0 Å². The molecule has 15 nitrogen and oxygen atoms in total. The van der Waals surface area contributed by atoms with Crippen LogP contribution in [0.15, 0.2) is 11.6 Å². The van der Waals surface area contributed by atoms with Gasteiger partial charge in [0.1, 0.15) is 30.5 Å². The summed E-state index contributed by atoms with van der Waals surface area (Å²) in [5.74, 6) is -5.68. The molecule has 7 rings (SSSR count). The molecule has 0 spiro atoms. The number of aliphatic hydroxyl groups excluding tert-OH is 5. The van der Waals surface area contributed by atoms with E-state index in [1.807, 2.05) is 26.8 Å². The zero-order valence-corrected chi connectivity index (χ0v) is 34.7. The Morgan fingerprint density at radius 3 is 1.93 bits per heavy atom. The third-order valence-corrected chi connectivity index (χ3v) is 17.7. The number of aliphatic hydroxyl groups is 5. The van der Waals surface area contributed by atoms with Crippen molar-refractivity contribution >= 4 is 112 Å². The first-order chi connectivity index (χ1) is 26.8. The third-order valence-electron chi connectivity index (χ3n) is 17.7. The fourth-order valence-corrected chi connectivity index (χ4v) is 13.8. The monoisotopic (exact) mass is 892 g/mol. The average Bonchev–Trinajstić information content (AvgIpc) is 3.13. The Labute approximate surface area is 424 Å². The van der Waals surface area contributed by atoms with Crippen molar-refractivity contribution in [2.75, 3.05) is 0 Å². The Morgan fingerprint density at radius 1 is 0.721 bits per heavy atom. The molecule has 0 radical (unpaired) electrons. The molecule has 6 aliphatic carbocycles. The van der Waals surface area contributed by atoms with E-state index in [9.17, 15) is 60.0 Å². The number of ether oxygens (including phenoxy) is 3. The van der Waals surface area contributed by atoms with E-state index in [2.05, 4.69) is 27.7 Å². The topological polar surface area (TPSA) is 258 Å². The van der Waals surface area contributed by atoms with Crippen molar-refractivity contribution in [3.05, 3.63) is 11.6 Å². The van der Waals surface area contributed by atoms with Crippen molar-refractivity contribution < 1.29 is 74.2 Å². The van der Waals surface area contributed by atoms with Crippen molar-refractivity contribution in [2.45, 2.75) is 174 Å². The van der Waals surface area contributed by atoms with Gasteiger partial charge in [0, 0.05) is 5.92 Å². The molecule has 1 saturated heterocycles. The van der Waals surface area contributed by atoms with Gasteiger partial charge < -0.3 is 55.1 Å². The normalized spacial score (nSPS) is 50.0. The van der Waals surface area contributed by atoms with Gasteiger partial charge >= 0.3 is 107 Å². The van der Waals surface area contributed by atoms with Gasteiger partial charge in [0.15, 0.2) is 18.2 Å². The number of rotatable bonds is 7. The number of hydrogen-bond acceptors (Lipinski definition) is 12. The van der Waals surface area contributed by atoms with Crippen LogP contribution in [-0.4, -0.2) is 214 Å². The Kier molecular flexibility index (Phi) is 16.4. The Morgan fingerprint density at radius 2 is 1.34 bits per heavy atom. The summed E-state index contributed by atoms with van der Waals surface area (Å²) in [6, 6.07) is 0. The van der Waals surface area contributed by atoms with E-state index in [1.165, 1.54) is 0 Å². The predicted molar refractivity (Wildman–Crippen MR) is 224 cm³/mol. The molecule has 0 unspecified atom stereocenters. The van der Waals surface area contributed by atoms with Crippen LogP contribution in [0.3, 0.4) is 0 Å². The first-order valence-electron chi connectivity index (χ1n) is 21.1. The van der Waals surface area contributed by atoms with E-state index in [0.717, 1.165) is 37.7 Å². The molecule has 0 amide bonds. The molecule has 8 N–H and O–H groups in total. The number of ketones is 1. The fraction of sp³-hybridized carbons (Fsp3) is 0.860. The van der Waals surface area contributed by atoms with Crippen molar-refractivity contribution in [1.82, 2.24) is 0 Å². The number of fused-ring (bicyclic) bond motifs is 7. The summed E-state index contributed by atoms with van der Waals surface area (Å²) in [6.07, 6.45) is -9.05. The first kappa shape index (κ1) is 54.1.